The first-order chi connectivity index (χ1) is 10.7. The summed E-state index contributed by atoms with van der Waals surface area (Å²) in [5.41, 5.74) is 1.20. The largest absolute Gasteiger partial charge is 0.493 e. The highest BCUT2D eigenvalue weighted by Crippen LogP contribution is 2.39. The van der Waals surface area contributed by atoms with Crippen molar-refractivity contribution in [2.75, 3.05) is 21.3 Å². The van der Waals surface area contributed by atoms with E-state index in [1.165, 1.54) is 21.3 Å². The van der Waals surface area contributed by atoms with Crippen LogP contribution in [0.15, 0.2) is 42.5 Å². The molecule has 0 aromatic heterocycles. The van der Waals surface area contributed by atoms with Gasteiger partial charge in [-0.15, -0.1) is 0 Å². The minimum atomic E-state index is -0.485. The molecule has 22 heavy (non-hydrogen) atoms. The maximum Gasteiger partial charge on any atom is 0.342 e. The van der Waals surface area contributed by atoms with Gasteiger partial charge >= 0.3 is 5.97 Å². The van der Waals surface area contributed by atoms with Gasteiger partial charge in [0.15, 0.2) is 11.5 Å². The molecule has 0 N–H and O–H groups in total. The Morgan fingerprint density at radius 3 is 2.14 bits per heavy atom. The van der Waals surface area contributed by atoms with E-state index in [4.69, 9.17) is 18.9 Å². The lowest BCUT2D eigenvalue weighted by atomic mass is 10.1. The van der Waals surface area contributed by atoms with Crippen LogP contribution in [-0.2, 0) is 11.3 Å². The first-order valence-corrected chi connectivity index (χ1v) is 6.71. The highest BCUT2D eigenvalue weighted by atomic mass is 16.5. The van der Waals surface area contributed by atoms with Gasteiger partial charge < -0.3 is 18.9 Å². The number of methoxy groups -OCH3 is 3. The lowest BCUT2D eigenvalue weighted by molar-refractivity contribution is 0.0468. The minimum Gasteiger partial charge on any atom is -0.493 e. The van der Waals surface area contributed by atoms with Crippen LogP contribution in [0.4, 0.5) is 0 Å². The summed E-state index contributed by atoms with van der Waals surface area (Å²) in [6.07, 6.45) is 0. The fourth-order valence-corrected chi connectivity index (χ4v) is 2.06. The lowest BCUT2D eigenvalue weighted by Gasteiger charge is -2.15. The molecule has 0 fully saturated rings. The summed E-state index contributed by atoms with van der Waals surface area (Å²) in [5, 5.41) is 0. The fourth-order valence-electron chi connectivity index (χ4n) is 2.06. The Balaban J connectivity index is 2.22. The molecule has 0 bridgehead atoms. The van der Waals surface area contributed by atoms with Crippen LogP contribution in [0.3, 0.4) is 0 Å². The molecule has 116 valence electrons. The number of hydrogen-bond acceptors (Lipinski definition) is 5. The summed E-state index contributed by atoms with van der Waals surface area (Å²) in [6.45, 7) is 0.192. The fraction of sp³-hybridized carbons (Fsp3) is 0.235. The first-order valence-electron chi connectivity index (χ1n) is 6.71. The third-order valence-corrected chi connectivity index (χ3v) is 3.14. The van der Waals surface area contributed by atoms with Crippen molar-refractivity contribution in [1.29, 1.82) is 0 Å². The maximum atomic E-state index is 12.3. The molecule has 5 nitrogen and oxygen atoms in total. The van der Waals surface area contributed by atoms with Crippen LogP contribution < -0.4 is 14.2 Å². The van der Waals surface area contributed by atoms with Crippen LogP contribution in [0, 0.1) is 0 Å². The summed E-state index contributed by atoms with van der Waals surface area (Å²) in [5.74, 6) is 0.652. The Bertz CT molecular complexity index is 637. The van der Waals surface area contributed by atoms with E-state index >= 15 is 0 Å². The average Bonchev–Trinajstić information content (AvgIpc) is 2.58. The Kier molecular flexibility index (Phi) is 5.25. The van der Waals surface area contributed by atoms with E-state index in [1.54, 1.807) is 12.1 Å². The maximum absolute atomic E-state index is 12.3. The molecule has 5 heteroatoms. The number of hydrogen-bond donors (Lipinski definition) is 0. The molecule has 0 spiro atoms. The number of carbonyl (C=O) groups excluding carboxylic acids is 1. The van der Waals surface area contributed by atoms with E-state index in [-0.39, 0.29) is 12.2 Å². The van der Waals surface area contributed by atoms with E-state index in [9.17, 15) is 4.79 Å². The second-order valence-electron chi connectivity index (χ2n) is 4.44. The molecule has 2 aromatic rings. The molecule has 0 aliphatic rings. The molecule has 0 heterocycles. The van der Waals surface area contributed by atoms with Crippen molar-refractivity contribution in [3.63, 3.8) is 0 Å². The Morgan fingerprint density at radius 1 is 0.864 bits per heavy atom. The van der Waals surface area contributed by atoms with Crippen LogP contribution in [0.2, 0.25) is 0 Å². The van der Waals surface area contributed by atoms with Gasteiger partial charge in [0.2, 0.25) is 5.75 Å². The second kappa shape index (κ2) is 7.36. The van der Waals surface area contributed by atoms with Gasteiger partial charge in [-0.2, -0.15) is 0 Å². The second-order valence-corrected chi connectivity index (χ2v) is 4.44. The summed E-state index contributed by atoms with van der Waals surface area (Å²) in [6, 6.07) is 12.7. The molecular formula is C17H18O5. The molecule has 0 amide bonds. The number of carbonyl (C=O) groups is 1. The van der Waals surface area contributed by atoms with Crippen LogP contribution in [0.1, 0.15) is 15.9 Å². The molecule has 0 radical (unpaired) electrons. The third kappa shape index (κ3) is 3.31. The third-order valence-electron chi connectivity index (χ3n) is 3.14. The van der Waals surface area contributed by atoms with Gasteiger partial charge in [0.1, 0.15) is 12.2 Å². The van der Waals surface area contributed by atoms with E-state index in [0.717, 1.165) is 5.56 Å². The first kappa shape index (κ1) is 15.7. The molecule has 2 aromatic carbocycles. The van der Waals surface area contributed by atoms with Gasteiger partial charge in [-0.05, 0) is 17.7 Å². The summed E-state index contributed by atoms with van der Waals surface area (Å²) in [4.78, 5) is 12.3. The molecule has 0 saturated carbocycles. The highest BCUT2D eigenvalue weighted by molar-refractivity contribution is 5.94. The van der Waals surface area contributed by atoms with Crippen LogP contribution in [-0.4, -0.2) is 27.3 Å². The van der Waals surface area contributed by atoms with Crippen LogP contribution in [0.5, 0.6) is 17.2 Å². The van der Waals surface area contributed by atoms with Crippen molar-refractivity contribution in [3.8, 4) is 17.2 Å². The number of benzene rings is 2. The normalized spacial score (nSPS) is 9.95. The zero-order valence-electron chi connectivity index (χ0n) is 12.8. The van der Waals surface area contributed by atoms with Gasteiger partial charge in [-0.1, -0.05) is 30.3 Å². The Hall–Kier alpha value is -2.69. The van der Waals surface area contributed by atoms with E-state index in [2.05, 4.69) is 0 Å². The Labute approximate surface area is 129 Å². The van der Waals surface area contributed by atoms with Gasteiger partial charge in [0, 0.05) is 0 Å². The number of esters is 1. The van der Waals surface area contributed by atoms with Crippen LogP contribution >= 0.6 is 0 Å². The van der Waals surface area contributed by atoms with Gasteiger partial charge in [0.25, 0.3) is 0 Å². The molecule has 2 rings (SSSR count). The smallest absolute Gasteiger partial charge is 0.342 e. The van der Waals surface area contributed by atoms with Crippen molar-refractivity contribution in [2.24, 2.45) is 0 Å². The molecule has 0 aliphatic carbocycles. The molecule has 0 unspecified atom stereocenters. The zero-order valence-corrected chi connectivity index (χ0v) is 12.8. The number of rotatable bonds is 6. The van der Waals surface area contributed by atoms with Crippen molar-refractivity contribution < 1.29 is 23.7 Å². The monoisotopic (exact) mass is 302 g/mol. The predicted molar refractivity (Wildman–Crippen MR) is 81.7 cm³/mol. The Morgan fingerprint density at radius 2 is 1.55 bits per heavy atom. The standard InChI is InChI=1S/C17H18O5/c1-19-14-10-9-13(15(20-2)16(14)21-3)17(18)22-11-12-7-5-4-6-8-12/h4-10H,11H2,1-3H3. The van der Waals surface area contributed by atoms with Crippen molar-refractivity contribution >= 4 is 5.97 Å². The summed E-state index contributed by atoms with van der Waals surface area (Å²) >= 11 is 0. The number of ether oxygens (including phenoxy) is 4. The van der Waals surface area contributed by atoms with Gasteiger partial charge in [-0.25, -0.2) is 4.79 Å². The lowest BCUT2D eigenvalue weighted by Crippen LogP contribution is -2.08. The van der Waals surface area contributed by atoms with Gasteiger partial charge in [-0.3, -0.25) is 0 Å². The van der Waals surface area contributed by atoms with E-state index in [1.807, 2.05) is 30.3 Å². The molecule has 0 aliphatic heterocycles. The zero-order chi connectivity index (χ0) is 15.9. The summed E-state index contributed by atoms with van der Waals surface area (Å²) in [7, 11) is 4.47. The molecular weight excluding hydrogens is 284 g/mol. The average molecular weight is 302 g/mol. The van der Waals surface area contributed by atoms with Crippen LogP contribution in [0.25, 0.3) is 0 Å². The van der Waals surface area contributed by atoms with E-state index in [0.29, 0.717) is 17.2 Å². The highest BCUT2D eigenvalue weighted by Gasteiger charge is 2.21. The predicted octanol–water partition coefficient (Wildman–Crippen LogP) is 3.07. The SMILES string of the molecule is COc1ccc(C(=O)OCc2ccccc2)c(OC)c1OC. The molecule has 0 saturated heterocycles. The van der Waals surface area contributed by atoms with E-state index < -0.39 is 5.97 Å². The quantitative estimate of drug-likeness (QED) is 0.768. The summed E-state index contributed by atoms with van der Waals surface area (Å²) < 4.78 is 21.0. The topological polar surface area (TPSA) is 54.0 Å². The van der Waals surface area contributed by atoms with Crippen molar-refractivity contribution in [1.82, 2.24) is 0 Å². The minimum absolute atomic E-state index is 0.192. The molecule has 0 atom stereocenters. The van der Waals surface area contributed by atoms with Gasteiger partial charge in [0.05, 0.1) is 21.3 Å². The van der Waals surface area contributed by atoms with Crippen molar-refractivity contribution in [3.05, 3.63) is 53.6 Å². The van der Waals surface area contributed by atoms with Crippen molar-refractivity contribution in [2.45, 2.75) is 6.61 Å².